The van der Waals surface area contributed by atoms with Gasteiger partial charge in [0.2, 0.25) is 0 Å². The van der Waals surface area contributed by atoms with Gasteiger partial charge < -0.3 is 4.55 Å². The van der Waals surface area contributed by atoms with Crippen molar-refractivity contribution in [2.75, 3.05) is 0 Å². The van der Waals surface area contributed by atoms with E-state index in [2.05, 4.69) is 11.3 Å². The second-order valence-electron chi connectivity index (χ2n) is 4.42. The van der Waals surface area contributed by atoms with E-state index in [9.17, 15) is 4.55 Å². The van der Waals surface area contributed by atoms with E-state index in [-0.39, 0.29) is 0 Å². The molecule has 2 aliphatic carbocycles. The fourth-order valence-electron chi connectivity index (χ4n) is 1.81. The van der Waals surface area contributed by atoms with Crippen LogP contribution in [0.25, 0.3) is 0 Å². The summed E-state index contributed by atoms with van der Waals surface area (Å²) in [5.41, 5.74) is 0. The standard InChI is InChI=1S/C10H17NOS/c1-8-5-10(6-8)13(12)11-7-9-3-2-4-9/h7-10H,2-6H2,1H3. The van der Waals surface area contributed by atoms with Crippen molar-refractivity contribution in [1.29, 1.82) is 0 Å². The Kier molecular flexibility index (Phi) is 2.94. The predicted octanol–water partition coefficient (Wildman–Crippen LogP) is 2.32. The Hall–Kier alpha value is -0.0200. The SMILES string of the molecule is CC1CC([S+]([O-])N=CC2CCC2)C1. The third-order valence-corrected chi connectivity index (χ3v) is 4.43. The van der Waals surface area contributed by atoms with Crippen molar-refractivity contribution in [1.82, 2.24) is 0 Å². The molecule has 0 spiro atoms. The maximum Gasteiger partial charge on any atom is 0.144 e. The van der Waals surface area contributed by atoms with Crippen LogP contribution in [0.1, 0.15) is 39.0 Å². The van der Waals surface area contributed by atoms with Crippen LogP contribution in [-0.2, 0) is 11.4 Å². The molecule has 0 amide bonds. The molecule has 13 heavy (non-hydrogen) atoms. The van der Waals surface area contributed by atoms with Crippen molar-refractivity contribution in [3.05, 3.63) is 0 Å². The van der Waals surface area contributed by atoms with Crippen molar-refractivity contribution in [2.45, 2.75) is 44.3 Å². The van der Waals surface area contributed by atoms with E-state index in [1.54, 1.807) is 0 Å². The van der Waals surface area contributed by atoms with Gasteiger partial charge in [0.1, 0.15) is 5.25 Å². The highest BCUT2D eigenvalue weighted by Gasteiger charge is 2.35. The minimum absolute atomic E-state index is 0.367. The highest BCUT2D eigenvalue weighted by atomic mass is 32.2. The summed E-state index contributed by atoms with van der Waals surface area (Å²) in [5, 5.41) is 0.367. The minimum Gasteiger partial charge on any atom is -0.591 e. The van der Waals surface area contributed by atoms with Gasteiger partial charge in [0, 0.05) is 12.8 Å². The Morgan fingerprint density at radius 3 is 2.54 bits per heavy atom. The molecule has 3 heteroatoms. The minimum atomic E-state index is -0.918. The van der Waals surface area contributed by atoms with Gasteiger partial charge >= 0.3 is 0 Å². The largest absolute Gasteiger partial charge is 0.591 e. The zero-order chi connectivity index (χ0) is 9.26. The molecule has 2 saturated carbocycles. The summed E-state index contributed by atoms with van der Waals surface area (Å²) in [7, 11) is 0. The van der Waals surface area contributed by atoms with E-state index in [0.717, 1.165) is 18.8 Å². The topological polar surface area (TPSA) is 35.4 Å². The smallest absolute Gasteiger partial charge is 0.144 e. The molecule has 0 N–H and O–H groups in total. The molecule has 1 atom stereocenters. The number of nitrogens with zero attached hydrogens (tertiary/aromatic N) is 1. The average molecular weight is 199 g/mol. The Labute approximate surface area is 83.1 Å². The van der Waals surface area contributed by atoms with Crippen molar-refractivity contribution < 1.29 is 4.55 Å². The molecule has 0 aromatic carbocycles. The second kappa shape index (κ2) is 4.01. The summed E-state index contributed by atoms with van der Waals surface area (Å²) < 4.78 is 15.7. The molecule has 0 bridgehead atoms. The van der Waals surface area contributed by atoms with Crippen LogP contribution in [0, 0.1) is 11.8 Å². The normalized spacial score (nSPS) is 37.1. The third kappa shape index (κ3) is 2.26. The van der Waals surface area contributed by atoms with Gasteiger partial charge in [-0.1, -0.05) is 17.7 Å². The van der Waals surface area contributed by atoms with Crippen LogP contribution in [0.4, 0.5) is 0 Å². The number of hydrogen-bond donors (Lipinski definition) is 0. The summed E-state index contributed by atoms with van der Waals surface area (Å²) in [6, 6.07) is 0. The molecule has 2 nitrogen and oxygen atoms in total. The Morgan fingerprint density at radius 2 is 2.08 bits per heavy atom. The van der Waals surface area contributed by atoms with E-state index in [0.29, 0.717) is 11.2 Å². The van der Waals surface area contributed by atoms with Crippen LogP contribution in [0.2, 0.25) is 0 Å². The molecule has 0 aliphatic heterocycles. The summed E-state index contributed by atoms with van der Waals surface area (Å²) in [4.78, 5) is 0. The first-order valence-corrected chi connectivity index (χ1v) is 6.37. The highest BCUT2D eigenvalue weighted by Crippen LogP contribution is 2.33. The molecule has 0 saturated heterocycles. The molecule has 0 heterocycles. The summed E-state index contributed by atoms with van der Waals surface area (Å²) >= 11 is -0.918. The maximum atomic E-state index is 11.5. The van der Waals surface area contributed by atoms with Crippen LogP contribution in [0.5, 0.6) is 0 Å². The lowest BCUT2D eigenvalue weighted by atomic mass is 9.87. The maximum absolute atomic E-state index is 11.5. The molecule has 0 aromatic heterocycles. The van der Waals surface area contributed by atoms with Crippen molar-refractivity contribution in [3.8, 4) is 0 Å². The highest BCUT2D eigenvalue weighted by molar-refractivity contribution is 7.90. The molecule has 0 aromatic rings. The average Bonchev–Trinajstić information content (AvgIpc) is 1.95. The van der Waals surface area contributed by atoms with Crippen molar-refractivity contribution >= 4 is 17.6 Å². The van der Waals surface area contributed by atoms with Crippen LogP contribution >= 0.6 is 0 Å². The van der Waals surface area contributed by atoms with Gasteiger partial charge in [-0.25, -0.2) is 0 Å². The van der Waals surface area contributed by atoms with E-state index in [4.69, 9.17) is 0 Å². The van der Waals surface area contributed by atoms with E-state index >= 15 is 0 Å². The van der Waals surface area contributed by atoms with Crippen molar-refractivity contribution in [3.63, 3.8) is 0 Å². The van der Waals surface area contributed by atoms with E-state index in [1.165, 1.54) is 19.3 Å². The summed E-state index contributed by atoms with van der Waals surface area (Å²) in [6.07, 6.45) is 7.97. The second-order valence-corrected chi connectivity index (χ2v) is 5.85. The lowest BCUT2D eigenvalue weighted by Crippen LogP contribution is -2.33. The summed E-state index contributed by atoms with van der Waals surface area (Å²) in [6.45, 7) is 2.21. The first-order chi connectivity index (χ1) is 6.25. The molecule has 74 valence electrons. The lowest BCUT2D eigenvalue weighted by Gasteiger charge is -2.30. The van der Waals surface area contributed by atoms with E-state index in [1.807, 2.05) is 6.21 Å². The van der Waals surface area contributed by atoms with Gasteiger partial charge in [0.15, 0.2) is 0 Å². The Bertz CT molecular complexity index is 197. The summed E-state index contributed by atoms with van der Waals surface area (Å²) in [5.74, 6) is 1.41. The molecule has 2 fully saturated rings. The monoisotopic (exact) mass is 199 g/mol. The molecule has 1 unspecified atom stereocenters. The first-order valence-electron chi connectivity index (χ1n) is 5.20. The van der Waals surface area contributed by atoms with Crippen LogP contribution in [0.3, 0.4) is 0 Å². The van der Waals surface area contributed by atoms with Crippen LogP contribution in [0.15, 0.2) is 4.40 Å². The molecule has 0 radical (unpaired) electrons. The van der Waals surface area contributed by atoms with Crippen LogP contribution in [-0.4, -0.2) is 16.0 Å². The quantitative estimate of drug-likeness (QED) is 0.507. The Morgan fingerprint density at radius 1 is 1.38 bits per heavy atom. The fraction of sp³-hybridized carbons (Fsp3) is 0.900. The van der Waals surface area contributed by atoms with Crippen molar-refractivity contribution in [2.24, 2.45) is 16.2 Å². The fourth-order valence-corrected chi connectivity index (χ4v) is 3.26. The zero-order valence-electron chi connectivity index (χ0n) is 8.11. The van der Waals surface area contributed by atoms with E-state index < -0.39 is 11.4 Å². The van der Waals surface area contributed by atoms with Gasteiger partial charge in [0.25, 0.3) is 0 Å². The molecular weight excluding hydrogens is 182 g/mol. The van der Waals surface area contributed by atoms with Gasteiger partial charge in [-0.05, 0) is 24.7 Å². The molecule has 2 aliphatic rings. The Balaban J connectivity index is 1.71. The zero-order valence-corrected chi connectivity index (χ0v) is 8.93. The van der Waals surface area contributed by atoms with Gasteiger partial charge in [-0.15, -0.1) is 0 Å². The number of rotatable bonds is 3. The molecule has 2 rings (SSSR count). The van der Waals surface area contributed by atoms with Gasteiger partial charge in [-0.2, -0.15) is 0 Å². The lowest BCUT2D eigenvalue weighted by molar-refractivity contribution is 0.344. The van der Waals surface area contributed by atoms with Crippen LogP contribution < -0.4 is 0 Å². The predicted molar refractivity (Wildman–Crippen MR) is 56.2 cm³/mol. The van der Waals surface area contributed by atoms with Gasteiger partial charge in [0.05, 0.1) is 17.6 Å². The molecular formula is C10H17NOS. The third-order valence-electron chi connectivity index (χ3n) is 3.14. The number of hydrogen-bond acceptors (Lipinski definition) is 2. The van der Waals surface area contributed by atoms with Gasteiger partial charge in [-0.3, -0.25) is 0 Å². The first kappa shape index (κ1) is 9.53.